The van der Waals surface area contributed by atoms with Crippen LogP contribution in [0.1, 0.15) is 12.8 Å². The molecule has 2 heterocycles. The Labute approximate surface area is 195 Å². The van der Waals surface area contributed by atoms with Crippen LogP contribution in [0.5, 0.6) is 0 Å². The molecule has 0 saturated carbocycles. The lowest BCUT2D eigenvalue weighted by molar-refractivity contribution is -0.121. The van der Waals surface area contributed by atoms with E-state index in [0.717, 1.165) is 0 Å². The first kappa shape index (κ1) is 22.8. The third-order valence-corrected chi connectivity index (χ3v) is 8.39. The molecule has 0 bridgehead atoms. The van der Waals surface area contributed by atoms with Crippen molar-refractivity contribution in [2.24, 2.45) is 5.92 Å². The molecule has 1 aliphatic heterocycles. The molecule has 11 heteroatoms. The maximum absolute atomic E-state index is 13.1. The smallest absolute Gasteiger partial charge is 0.322 e. The number of sulfonamides is 1. The van der Waals surface area contributed by atoms with Crippen molar-refractivity contribution in [1.82, 2.24) is 14.5 Å². The number of amides is 1. The number of hydrogen-bond donors (Lipinski definition) is 1. The molecule has 1 amide bonds. The van der Waals surface area contributed by atoms with Gasteiger partial charge in [-0.2, -0.15) is 4.31 Å². The summed E-state index contributed by atoms with van der Waals surface area (Å²) in [5, 5.41) is 11.0. The maximum Gasteiger partial charge on any atom is 0.322 e. The van der Waals surface area contributed by atoms with Crippen LogP contribution in [0.15, 0.2) is 62.7 Å². The van der Waals surface area contributed by atoms with Crippen molar-refractivity contribution in [2.75, 3.05) is 24.7 Å². The van der Waals surface area contributed by atoms with E-state index in [1.807, 2.05) is 12.3 Å². The van der Waals surface area contributed by atoms with E-state index in [4.69, 9.17) is 16.0 Å². The number of nitrogens with zero attached hydrogens (tertiary/aromatic N) is 3. The molecule has 1 aromatic heterocycles. The Hall–Kier alpha value is -2.40. The second-order valence-corrected chi connectivity index (χ2v) is 10.4. The van der Waals surface area contributed by atoms with Crippen molar-refractivity contribution >= 4 is 45.3 Å². The highest BCUT2D eigenvalue weighted by atomic mass is 35.5. The molecule has 0 aliphatic carbocycles. The second-order valence-electron chi connectivity index (χ2n) is 7.24. The summed E-state index contributed by atoms with van der Waals surface area (Å²) in [4.78, 5) is 13.7. The van der Waals surface area contributed by atoms with Gasteiger partial charge >= 0.3 is 6.01 Å². The lowest BCUT2D eigenvalue weighted by atomic mass is 9.97. The van der Waals surface area contributed by atoms with Crippen molar-refractivity contribution < 1.29 is 17.6 Å². The van der Waals surface area contributed by atoms with Crippen LogP contribution in [0.3, 0.4) is 0 Å². The largest absolute Gasteiger partial charge is 0.403 e. The minimum Gasteiger partial charge on any atom is -0.403 e. The molecule has 1 aliphatic rings. The van der Waals surface area contributed by atoms with Gasteiger partial charge in [0.15, 0.2) is 0 Å². The van der Waals surface area contributed by atoms with Gasteiger partial charge in [-0.3, -0.25) is 10.1 Å². The monoisotopic (exact) mass is 492 g/mol. The summed E-state index contributed by atoms with van der Waals surface area (Å²) in [5.74, 6) is -0.341. The predicted molar refractivity (Wildman–Crippen MR) is 123 cm³/mol. The number of piperidine rings is 1. The third kappa shape index (κ3) is 4.83. The van der Waals surface area contributed by atoms with E-state index in [1.54, 1.807) is 42.5 Å². The van der Waals surface area contributed by atoms with E-state index in [0.29, 0.717) is 33.2 Å². The molecule has 4 rings (SSSR count). The molecule has 8 nitrogen and oxygen atoms in total. The lowest BCUT2D eigenvalue weighted by Gasteiger charge is -2.30. The molecule has 0 radical (unpaired) electrons. The van der Waals surface area contributed by atoms with E-state index in [2.05, 4.69) is 15.5 Å². The minimum atomic E-state index is -3.61. The van der Waals surface area contributed by atoms with Crippen LogP contribution in [-0.2, 0) is 14.8 Å². The fourth-order valence-electron chi connectivity index (χ4n) is 3.52. The predicted octanol–water partition coefficient (Wildman–Crippen LogP) is 4.15. The van der Waals surface area contributed by atoms with Gasteiger partial charge in [0.1, 0.15) is 0 Å². The van der Waals surface area contributed by atoms with Crippen LogP contribution in [0.2, 0.25) is 5.02 Å². The molecule has 2 aromatic carbocycles. The first-order valence-electron chi connectivity index (χ1n) is 9.92. The summed E-state index contributed by atoms with van der Waals surface area (Å²) in [6.07, 6.45) is 2.66. The van der Waals surface area contributed by atoms with Gasteiger partial charge in [-0.1, -0.05) is 28.8 Å². The molecular formula is C21H21ClN4O4S2. The normalized spacial score (nSPS) is 15.6. The first-order valence-corrected chi connectivity index (χ1v) is 13.0. The number of aromatic nitrogens is 2. The fourth-order valence-corrected chi connectivity index (χ4v) is 6.24. The Balaban J connectivity index is 1.37. The second kappa shape index (κ2) is 9.62. The molecule has 1 N–H and O–H groups in total. The van der Waals surface area contributed by atoms with E-state index >= 15 is 0 Å². The van der Waals surface area contributed by atoms with E-state index < -0.39 is 10.0 Å². The van der Waals surface area contributed by atoms with Crippen molar-refractivity contribution in [3.05, 3.63) is 53.6 Å². The van der Waals surface area contributed by atoms with E-state index in [9.17, 15) is 13.2 Å². The number of halogens is 1. The van der Waals surface area contributed by atoms with Crippen molar-refractivity contribution in [3.8, 4) is 11.5 Å². The number of hydrogen-bond acceptors (Lipinski definition) is 7. The average molecular weight is 493 g/mol. The van der Waals surface area contributed by atoms with Crippen LogP contribution in [-0.4, -0.2) is 48.2 Å². The minimum absolute atomic E-state index is 0.00361. The number of nitrogens with one attached hydrogen (secondary N) is 1. The van der Waals surface area contributed by atoms with E-state index in [-0.39, 0.29) is 36.8 Å². The molecular weight excluding hydrogens is 472 g/mol. The van der Waals surface area contributed by atoms with E-state index in [1.165, 1.54) is 16.1 Å². The molecule has 0 unspecified atom stereocenters. The van der Waals surface area contributed by atoms with Gasteiger partial charge in [-0.25, -0.2) is 8.42 Å². The van der Waals surface area contributed by atoms with Crippen LogP contribution in [0.25, 0.3) is 11.5 Å². The van der Waals surface area contributed by atoms with Crippen molar-refractivity contribution in [2.45, 2.75) is 22.6 Å². The van der Waals surface area contributed by atoms with Gasteiger partial charge in [-0.15, -0.1) is 16.9 Å². The molecule has 1 saturated heterocycles. The van der Waals surface area contributed by atoms with Gasteiger partial charge < -0.3 is 4.42 Å². The molecule has 3 aromatic rings. The molecule has 0 spiro atoms. The van der Waals surface area contributed by atoms with Crippen LogP contribution < -0.4 is 5.32 Å². The summed E-state index contributed by atoms with van der Waals surface area (Å²) >= 11 is 7.28. The van der Waals surface area contributed by atoms with Gasteiger partial charge in [0.05, 0.1) is 4.90 Å². The topological polar surface area (TPSA) is 105 Å². The van der Waals surface area contributed by atoms with Crippen LogP contribution in [0.4, 0.5) is 6.01 Å². The lowest BCUT2D eigenvalue weighted by Crippen LogP contribution is -2.41. The Morgan fingerprint density at radius 2 is 1.81 bits per heavy atom. The standard InChI is InChI=1S/C21H21ClN4O4S2/c1-31-17-4-2-3-5-18(17)32(28,29)26-12-10-14(11-13-26)19(27)23-21-25-24-20(30-21)15-6-8-16(22)9-7-15/h2-9,14H,10-13H2,1H3,(H,23,25,27). The van der Waals surface area contributed by atoms with Gasteiger partial charge in [0, 0.05) is 34.5 Å². The Kier molecular flexibility index (Phi) is 6.85. The summed E-state index contributed by atoms with van der Waals surface area (Å²) < 4.78 is 33.1. The summed E-state index contributed by atoms with van der Waals surface area (Å²) in [5.41, 5.74) is 0.687. The van der Waals surface area contributed by atoms with Gasteiger partial charge in [0.25, 0.3) is 0 Å². The zero-order chi connectivity index (χ0) is 22.7. The quantitative estimate of drug-likeness (QED) is 0.515. The first-order chi connectivity index (χ1) is 15.4. The molecule has 0 atom stereocenters. The highest BCUT2D eigenvalue weighted by Crippen LogP contribution is 2.30. The number of carbonyl (C=O) groups excluding carboxylic acids is 1. The summed E-state index contributed by atoms with van der Waals surface area (Å²) in [7, 11) is -3.61. The van der Waals surface area contributed by atoms with Crippen LogP contribution in [0, 0.1) is 5.92 Å². The van der Waals surface area contributed by atoms with Crippen molar-refractivity contribution in [1.29, 1.82) is 0 Å². The third-order valence-electron chi connectivity index (χ3n) is 5.26. The Morgan fingerprint density at radius 1 is 1.12 bits per heavy atom. The molecule has 168 valence electrons. The molecule has 32 heavy (non-hydrogen) atoms. The summed E-state index contributed by atoms with van der Waals surface area (Å²) in [6, 6.07) is 13.8. The van der Waals surface area contributed by atoms with Gasteiger partial charge in [-0.05, 0) is 55.5 Å². The van der Waals surface area contributed by atoms with Gasteiger partial charge in [0.2, 0.25) is 21.8 Å². The highest BCUT2D eigenvalue weighted by molar-refractivity contribution is 7.99. The zero-order valence-electron chi connectivity index (χ0n) is 17.2. The Morgan fingerprint density at radius 3 is 2.50 bits per heavy atom. The number of thioether (sulfide) groups is 1. The maximum atomic E-state index is 13.1. The SMILES string of the molecule is CSc1ccccc1S(=O)(=O)N1CCC(C(=O)Nc2nnc(-c3ccc(Cl)cc3)o2)CC1. The van der Waals surface area contributed by atoms with Crippen LogP contribution >= 0.6 is 23.4 Å². The Bertz CT molecular complexity index is 1210. The zero-order valence-corrected chi connectivity index (χ0v) is 19.6. The number of carbonyl (C=O) groups is 1. The molecule has 1 fully saturated rings. The highest BCUT2D eigenvalue weighted by Gasteiger charge is 2.33. The number of rotatable bonds is 6. The number of anilines is 1. The average Bonchev–Trinajstić information content (AvgIpc) is 3.28. The van der Waals surface area contributed by atoms with Crippen molar-refractivity contribution in [3.63, 3.8) is 0 Å². The fraction of sp³-hybridized carbons (Fsp3) is 0.286. The summed E-state index contributed by atoms with van der Waals surface area (Å²) in [6.45, 7) is 0.534. The number of benzene rings is 2.